The third-order valence-corrected chi connectivity index (χ3v) is 6.89. The summed E-state index contributed by atoms with van der Waals surface area (Å²) in [6.07, 6.45) is 1.74. The van der Waals surface area contributed by atoms with Gasteiger partial charge in [0.15, 0.2) is 22.8 Å². The smallest absolute Gasteiger partial charge is 0.349 e. The molecule has 0 saturated carbocycles. The van der Waals surface area contributed by atoms with Crippen molar-refractivity contribution in [3.05, 3.63) is 40.4 Å². The van der Waals surface area contributed by atoms with Crippen LogP contribution in [0.1, 0.15) is 32.4 Å². The van der Waals surface area contributed by atoms with Crippen LogP contribution < -0.4 is 20.1 Å². The second kappa shape index (κ2) is 8.65. The zero-order valence-corrected chi connectivity index (χ0v) is 19.9. The fourth-order valence-electron chi connectivity index (χ4n) is 4.99. The van der Waals surface area contributed by atoms with Gasteiger partial charge in [-0.05, 0) is 38.5 Å². The topological polar surface area (TPSA) is 101 Å². The Morgan fingerprint density at radius 3 is 2.71 bits per heavy atom. The van der Waals surface area contributed by atoms with Crippen molar-refractivity contribution in [2.45, 2.75) is 45.4 Å². The maximum absolute atomic E-state index is 12.6. The van der Waals surface area contributed by atoms with Crippen LogP contribution >= 0.6 is 0 Å². The van der Waals surface area contributed by atoms with E-state index in [1.807, 2.05) is 6.07 Å². The van der Waals surface area contributed by atoms with E-state index in [1.165, 1.54) is 10.1 Å². The maximum Gasteiger partial charge on any atom is 0.349 e. The molecular formula is C24H29N7O3. The van der Waals surface area contributed by atoms with Crippen LogP contribution in [0.2, 0.25) is 0 Å². The molecule has 0 bridgehead atoms. The summed E-state index contributed by atoms with van der Waals surface area (Å²) < 4.78 is 14.5. The van der Waals surface area contributed by atoms with Crippen molar-refractivity contribution in [2.75, 3.05) is 31.2 Å². The molecule has 5 rings (SSSR count). The standard InChI is InChI=1S/C24H29N7O3/c1-15-13-31(23-22-19(28(4)24(32)26-23)14-29(27-22)8-7-25)16(2)12-30(15)17(3)18-5-6-20-21(11-18)34-10-9-33-20/h5-6,11,14-17H,8-10,12-13H2,1-4H3/t15-,16+,17?/m1/s1. The van der Waals surface area contributed by atoms with Gasteiger partial charge in [0.1, 0.15) is 19.8 Å². The van der Waals surface area contributed by atoms with Crippen LogP contribution in [0, 0.1) is 11.3 Å². The van der Waals surface area contributed by atoms with Crippen molar-refractivity contribution in [1.82, 2.24) is 24.2 Å². The molecule has 4 heterocycles. The van der Waals surface area contributed by atoms with E-state index < -0.39 is 0 Å². The Kier molecular flexibility index (Phi) is 5.65. The van der Waals surface area contributed by atoms with E-state index in [-0.39, 0.29) is 30.4 Å². The van der Waals surface area contributed by atoms with Gasteiger partial charge in [0, 0.05) is 38.3 Å². The Morgan fingerprint density at radius 1 is 1.18 bits per heavy atom. The van der Waals surface area contributed by atoms with E-state index in [0.29, 0.717) is 36.6 Å². The highest BCUT2D eigenvalue weighted by molar-refractivity contribution is 5.85. The third kappa shape index (κ3) is 3.76. The Balaban J connectivity index is 1.43. The van der Waals surface area contributed by atoms with Crippen LogP contribution in [-0.2, 0) is 13.6 Å². The number of aromatic nitrogens is 4. The van der Waals surface area contributed by atoms with Gasteiger partial charge in [0.2, 0.25) is 0 Å². The number of hydrogen-bond acceptors (Lipinski definition) is 8. The predicted octanol–water partition coefficient (Wildman–Crippen LogP) is 2.08. The molecule has 0 spiro atoms. The molecule has 0 N–H and O–H groups in total. The van der Waals surface area contributed by atoms with Crippen molar-refractivity contribution in [3.63, 3.8) is 0 Å². The first-order chi connectivity index (χ1) is 16.4. The van der Waals surface area contributed by atoms with Crippen LogP contribution in [0.15, 0.2) is 29.2 Å². The highest BCUT2D eigenvalue weighted by atomic mass is 16.6. The summed E-state index contributed by atoms with van der Waals surface area (Å²) in [6, 6.07) is 8.78. The lowest BCUT2D eigenvalue weighted by Gasteiger charge is -2.47. The molecule has 1 saturated heterocycles. The summed E-state index contributed by atoms with van der Waals surface area (Å²) in [4.78, 5) is 21.6. The Morgan fingerprint density at radius 2 is 1.94 bits per heavy atom. The molecule has 0 radical (unpaired) electrons. The molecule has 1 aromatic carbocycles. The molecule has 0 amide bonds. The van der Waals surface area contributed by atoms with E-state index in [2.05, 4.69) is 58.9 Å². The number of aryl methyl sites for hydroxylation is 1. The minimum atomic E-state index is -0.328. The van der Waals surface area contributed by atoms with Gasteiger partial charge in [-0.2, -0.15) is 15.3 Å². The van der Waals surface area contributed by atoms with Gasteiger partial charge in [0.05, 0.1) is 17.8 Å². The monoisotopic (exact) mass is 463 g/mol. The number of benzene rings is 1. The van der Waals surface area contributed by atoms with Crippen molar-refractivity contribution >= 4 is 16.9 Å². The fraction of sp³-hybridized carbons (Fsp3) is 0.500. The zero-order chi connectivity index (χ0) is 24.0. The Hall–Kier alpha value is -3.58. The van der Waals surface area contributed by atoms with E-state index >= 15 is 0 Å². The predicted molar refractivity (Wildman–Crippen MR) is 127 cm³/mol. The molecule has 2 aliphatic rings. The maximum atomic E-state index is 12.6. The first-order valence-corrected chi connectivity index (χ1v) is 11.6. The molecule has 2 aliphatic heterocycles. The average Bonchev–Trinajstić information content (AvgIpc) is 3.26. The molecule has 34 heavy (non-hydrogen) atoms. The first-order valence-electron chi connectivity index (χ1n) is 11.6. The molecule has 0 aliphatic carbocycles. The van der Waals surface area contributed by atoms with Crippen LogP contribution in [0.25, 0.3) is 11.0 Å². The van der Waals surface area contributed by atoms with Gasteiger partial charge < -0.3 is 14.4 Å². The number of nitriles is 1. The zero-order valence-electron chi connectivity index (χ0n) is 19.9. The van der Waals surface area contributed by atoms with Crippen molar-refractivity contribution in [2.24, 2.45) is 7.05 Å². The first kappa shape index (κ1) is 22.2. The number of rotatable bonds is 4. The summed E-state index contributed by atoms with van der Waals surface area (Å²) in [6.45, 7) is 9.32. The van der Waals surface area contributed by atoms with E-state index in [4.69, 9.17) is 14.7 Å². The molecule has 3 aromatic rings. The summed E-state index contributed by atoms with van der Waals surface area (Å²) in [5.74, 6) is 2.18. The lowest BCUT2D eigenvalue weighted by Crippen LogP contribution is -2.57. The minimum Gasteiger partial charge on any atom is -0.486 e. The number of anilines is 1. The number of hydrogen-bond donors (Lipinski definition) is 0. The van der Waals surface area contributed by atoms with Gasteiger partial charge >= 0.3 is 5.69 Å². The number of nitrogens with zero attached hydrogens (tertiary/aromatic N) is 7. The second-order valence-electron chi connectivity index (χ2n) is 9.12. The SMILES string of the molecule is CC(c1ccc2c(c1)OCCO2)N1C[C@H](C)N(c2nc(=O)n(C)c3cn(CC#N)nc23)C[C@H]1C. The Bertz CT molecular complexity index is 1320. The second-order valence-corrected chi connectivity index (χ2v) is 9.12. The van der Waals surface area contributed by atoms with Crippen molar-refractivity contribution in [3.8, 4) is 17.6 Å². The average molecular weight is 464 g/mol. The molecule has 10 nitrogen and oxygen atoms in total. The minimum absolute atomic E-state index is 0.111. The van der Waals surface area contributed by atoms with Crippen LogP contribution in [-0.4, -0.2) is 62.6 Å². The largest absolute Gasteiger partial charge is 0.486 e. The molecule has 178 valence electrons. The molecule has 1 fully saturated rings. The molecule has 1 unspecified atom stereocenters. The molecule has 10 heteroatoms. The van der Waals surface area contributed by atoms with Crippen LogP contribution in [0.3, 0.4) is 0 Å². The summed E-state index contributed by atoms with van der Waals surface area (Å²) in [5.41, 5.74) is 2.17. The summed E-state index contributed by atoms with van der Waals surface area (Å²) in [5, 5.41) is 13.7. The molecule has 2 aromatic heterocycles. The van der Waals surface area contributed by atoms with E-state index in [9.17, 15) is 4.79 Å². The van der Waals surface area contributed by atoms with Gasteiger partial charge in [-0.15, -0.1) is 0 Å². The van der Waals surface area contributed by atoms with Gasteiger partial charge in [-0.25, -0.2) is 4.79 Å². The van der Waals surface area contributed by atoms with Crippen LogP contribution in [0.4, 0.5) is 5.82 Å². The highest BCUT2D eigenvalue weighted by Crippen LogP contribution is 2.36. The van der Waals surface area contributed by atoms with Crippen LogP contribution in [0.5, 0.6) is 11.5 Å². The van der Waals surface area contributed by atoms with Gasteiger partial charge in [0.25, 0.3) is 0 Å². The van der Waals surface area contributed by atoms with Crippen molar-refractivity contribution < 1.29 is 9.47 Å². The van der Waals surface area contributed by atoms with Gasteiger partial charge in [-0.1, -0.05) is 6.07 Å². The van der Waals surface area contributed by atoms with E-state index in [1.54, 1.807) is 17.9 Å². The quantitative estimate of drug-likeness (QED) is 0.580. The van der Waals surface area contributed by atoms with E-state index in [0.717, 1.165) is 18.0 Å². The lowest BCUT2D eigenvalue weighted by atomic mass is 10.00. The lowest BCUT2D eigenvalue weighted by molar-refractivity contribution is 0.118. The highest BCUT2D eigenvalue weighted by Gasteiger charge is 2.35. The molecular weight excluding hydrogens is 434 g/mol. The summed E-state index contributed by atoms with van der Waals surface area (Å²) in [7, 11) is 1.68. The normalized spacial score (nSPS) is 21.4. The fourth-order valence-corrected chi connectivity index (χ4v) is 4.99. The number of fused-ring (bicyclic) bond motifs is 2. The number of ether oxygens (including phenoxy) is 2. The summed E-state index contributed by atoms with van der Waals surface area (Å²) >= 11 is 0. The molecule has 3 atom stereocenters. The number of piperazine rings is 1. The van der Waals surface area contributed by atoms with Gasteiger partial charge in [-0.3, -0.25) is 14.1 Å². The van der Waals surface area contributed by atoms with Crippen molar-refractivity contribution in [1.29, 1.82) is 5.26 Å². The Labute approximate surface area is 197 Å². The third-order valence-electron chi connectivity index (χ3n) is 6.89.